The maximum Gasteiger partial charge on any atom is 0.319 e. The third kappa shape index (κ3) is 4.05. The minimum Gasteiger partial charge on any atom is -0.469 e. The normalized spacial score (nSPS) is 37.9. The summed E-state index contributed by atoms with van der Waals surface area (Å²) < 4.78 is 12.1. The summed E-state index contributed by atoms with van der Waals surface area (Å²) in [4.78, 5) is 51.3. The van der Waals surface area contributed by atoms with E-state index in [0.29, 0.717) is 23.2 Å². The van der Waals surface area contributed by atoms with Gasteiger partial charge < -0.3 is 23.9 Å². The molecule has 12 rings (SSSR count). The monoisotopic (exact) mass is 729 g/mol. The van der Waals surface area contributed by atoms with E-state index >= 15 is 0 Å². The number of Topliss-reactive ketones (excluding diaryl/α,β-unsaturated/α-hetero) is 1. The number of H-pyrrole nitrogens is 2. The van der Waals surface area contributed by atoms with Crippen LogP contribution in [0, 0.1) is 23.7 Å². The molecule has 1 saturated carbocycles. The van der Waals surface area contributed by atoms with Gasteiger partial charge in [-0.05, 0) is 73.8 Å². The molecule has 282 valence electrons. The number of allylic oxidation sites excluding steroid dienone is 1. The highest BCUT2D eigenvalue weighted by Gasteiger charge is 2.72. The second-order valence-corrected chi connectivity index (χ2v) is 17.8. The molecule has 1 aliphatic carbocycles. The molecule has 0 amide bonds. The SMILES string of the molecule is C/C=C1/C[N+]2(C)[C@@H]3Cc4c([nH]c5ccccc45)[C@]2(c2ccc4c5c([nH]c4c2)[C@]2(C(=O)OC)C[C@H]4C[C@H](CC)[C@@H]2N(CC5)[C@H]4CC(C)=O)C[C@H]1[C@H]3C(=O)OC. The summed E-state index contributed by atoms with van der Waals surface area (Å²) in [7, 11) is 5.46. The van der Waals surface area contributed by atoms with Gasteiger partial charge in [0.1, 0.15) is 29.7 Å². The highest BCUT2D eigenvalue weighted by molar-refractivity contribution is 5.93. The molecule has 2 unspecified atom stereocenters. The third-order valence-electron chi connectivity index (χ3n) is 15.9. The van der Waals surface area contributed by atoms with Crippen molar-refractivity contribution in [2.75, 3.05) is 34.4 Å². The summed E-state index contributed by atoms with van der Waals surface area (Å²) in [5.41, 5.74) is 8.35. The fraction of sp³-hybridized carbons (Fsp3) is 0.533. The molecule has 0 radical (unpaired) electrons. The lowest BCUT2D eigenvalue weighted by Crippen LogP contribution is -2.79. The molecule has 9 heterocycles. The number of hydrogen-bond acceptors (Lipinski definition) is 6. The Morgan fingerprint density at radius 3 is 2.52 bits per heavy atom. The largest absolute Gasteiger partial charge is 0.469 e. The van der Waals surface area contributed by atoms with Gasteiger partial charge >= 0.3 is 11.9 Å². The van der Waals surface area contributed by atoms with Crippen LogP contribution in [0.1, 0.15) is 81.0 Å². The molecule has 11 atom stereocenters. The van der Waals surface area contributed by atoms with Crippen LogP contribution < -0.4 is 0 Å². The van der Waals surface area contributed by atoms with E-state index in [9.17, 15) is 14.4 Å². The number of quaternary nitrogens is 1. The van der Waals surface area contributed by atoms with Crippen molar-refractivity contribution in [1.82, 2.24) is 14.9 Å². The number of fused-ring (bicyclic) bond motifs is 8. The van der Waals surface area contributed by atoms with Gasteiger partial charge in [-0.2, -0.15) is 0 Å². The number of likely N-dealkylation sites (N-methyl/N-ethyl adjacent to an activating group) is 1. The quantitative estimate of drug-likeness (QED) is 0.134. The molecule has 5 saturated heterocycles. The van der Waals surface area contributed by atoms with Crippen molar-refractivity contribution >= 4 is 39.5 Å². The highest BCUT2D eigenvalue weighted by Crippen LogP contribution is 2.64. The van der Waals surface area contributed by atoms with E-state index in [-0.39, 0.29) is 53.6 Å². The fourth-order valence-corrected chi connectivity index (χ4v) is 13.9. The number of carbonyl (C=O) groups is 3. The van der Waals surface area contributed by atoms with Crippen LogP contribution in [-0.2, 0) is 47.7 Å². The zero-order valence-electron chi connectivity index (χ0n) is 32.5. The number of piperidine rings is 5. The minimum atomic E-state index is -0.824. The first-order chi connectivity index (χ1) is 26.1. The minimum absolute atomic E-state index is 0.0242. The Balaban J connectivity index is 1.19. The predicted octanol–water partition coefficient (Wildman–Crippen LogP) is 6.47. The van der Waals surface area contributed by atoms with Crippen molar-refractivity contribution in [3.05, 3.63) is 82.2 Å². The Labute approximate surface area is 317 Å². The van der Waals surface area contributed by atoms with Crippen LogP contribution in [0.5, 0.6) is 0 Å². The van der Waals surface area contributed by atoms with Gasteiger partial charge in [0.05, 0.1) is 27.0 Å². The van der Waals surface area contributed by atoms with Crippen LogP contribution in [0.2, 0.25) is 0 Å². The Hall–Kier alpha value is -4.21. The number of esters is 2. The number of aromatic nitrogens is 2. The van der Waals surface area contributed by atoms with Gasteiger partial charge in [-0.15, -0.1) is 0 Å². The maximum absolute atomic E-state index is 14.5. The Kier molecular flexibility index (Phi) is 7.40. The maximum atomic E-state index is 14.5. The summed E-state index contributed by atoms with van der Waals surface area (Å²) in [6.07, 6.45) is 7.93. The van der Waals surface area contributed by atoms with Crippen molar-refractivity contribution < 1.29 is 28.3 Å². The number of nitrogens with one attached hydrogen (secondary N) is 2. The lowest BCUT2D eigenvalue weighted by atomic mass is 9.54. The molecule has 2 N–H and O–H groups in total. The molecular weight excluding hydrogens is 677 g/mol. The van der Waals surface area contributed by atoms with E-state index in [2.05, 4.69) is 84.3 Å². The average molecular weight is 730 g/mol. The van der Waals surface area contributed by atoms with Crippen LogP contribution in [-0.4, -0.2) is 89.6 Å². The first kappa shape index (κ1) is 34.3. The van der Waals surface area contributed by atoms with Gasteiger partial charge in [0.25, 0.3) is 0 Å². The number of methoxy groups -OCH3 is 2. The molecule has 54 heavy (non-hydrogen) atoms. The summed E-state index contributed by atoms with van der Waals surface area (Å²) >= 11 is 0. The molecule has 2 aromatic carbocycles. The molecule has 8 bridgehead atoms. The Bertz CT molecular complexity index is 2300. The Morgan fingerprint density at radius 1 is 1.00 bits per heavy atom. The fourth-order valence-electron chi connectivity index (χ4n) is 13.9. The summed E-state index contributed by atoms with van der Waals surface area (Å²) in [6, 6.07) is 15.9. The van der Waals surface area contributed by atoms with Crippen LogP contribution in [0.3, 0.4) is 0 Å². The van der Waals surface area contributed by atoms with Crippen molar-refractivity contribution in [2.24, 2.45) is 23.7 Å². The average Bonchev–Trinajstić information content (AvgIpc) is 3.71. The van der Waals surface area contributed by atoms with Gasteiger partial charge in [0.15, 0.2) is 5.54 Å². The van der Waals surface area contributed by atoms with Crippen LogP contribution >= 0.6 is 0 Å². The summed E-state index contributed by atoms with van der Waals surface area (Å²) in [6.45, 7) is 7.76. The van der Waals surface area contributed by atoms with E-state index in [1.165, 1.54) is 52.9 Å². The molecule has 6 fully saturated rings. The van der Waals surface area contributed by atoms with Gasteiger partial charge in [0, 0.05) is 76.9 Å². The number of nitrogens with zero attached hydrogens (tertiary/aromatic N) is 2. The number of hydrogen-bond donors (Lipinski definition) is 2. The number of aromatic amines is 2. The first-order valence-corrected chi connectivity index (χ1v) is 20.2. The molecular formula is C45H53N4O5+. The lowest BCUT2D eigenvalue weighted by Gasteiger charge is -2.67. The van der Waals surface area contributed by atoms with Crippen molar-refractivity contribution in [3.8, 4) is 0 Å². The first-order valence-electron chi connectivity index (χ1n) is 20.2. The number of ketones is 1. The van der Waals surface area contributed by atoms with E-state index in [0.717, 1.165) is 61.9 Å². The highest BCUT2D eigenvalue weighted by atomic mass is 16.5. The number of benzene rings is 2. The van der Waals surface area contributed by atoms with E-state index in [4.69, 9.17) is 9.47 Å². The van der Waals surface area contributed by atoms with E-state index < -0.39 is 11.0 Å². The van der Waals surface area contributed by atoms with Gasteiger partial charge in [0.2, 0.25) is 0 Å². The van der Waals surface area contributed by atoms with Gasteiger partial charge in [-0.1, -0.05) is 49.8 Å². The number of para-hydroxylation sites is 1. The van der Waals surface area contributed by atoms with Gasteiger partial charge in [-0.25, -0.2) is 0 Å². The lowest BCUT2D eigenvalue weighted by molar-refractivity contribution is -0.997. The summed E-state index contributed by atoms with van der Waals surface area (Å²) in [5, 5.41) is 2.40. The molecule has 0 spiro atoms. The zero-order chi connectivity index (χ0) is 37.5. The standard InChI is InChI=1S/C45H53N4O5/c1-7-25-18-27-21-44(43(52)54-6)39-31(15-16-48(41(25)44)36(27)17-24(3)50)30-14-13-28(19-35(30)47-39)45-22-33-26(8-2)23-49(45,4)37(38(33)42(51)53-5)20-32-29-11-9-10-12-34(29)46-40(32)45/h8-14,19,25,27,33,36-38,41,46-47H,7,15-18,20-23H2,1-6H3/q+1/b26-8-/t25-,27+,33+,36-,37+,38+,41-,44+,45+,49?/m0/s1. The van der Waals surface area contributed by atoms with Crippen molar-refractivity contribution in [1.29, 1.82) is 0 Å². The number of rotatable bonds is 6. The second-order valence-electron chi connectivity index (χ2n) is 17.8. The van der Waals surface area contributed by atoms with Crippen LogP contribution in [0.25, 0.3) is 21.8 Å². The topological polar surface area (TPSA) is 104 Å². The molecule has 7 aliphatic heterocycles. The predicted molar refractivity (Wildman–Crippen MR) is 207 cm³/mol. The smallest absolute Gasteiger partial charge is 0.319 e. The number of ether oxygens (including phenoxy) is 2. The van der Waals surface area contributed by atoms with Crippen molar-refractivity contribution in [3.63, 3.8) is 0 Å². The molecule has 8 aliphatic rings. The van der Waals surface area contributed by atoms with E-state index in [1.807, 2.05) is 0 Å². The Morgan fingerprint density at radius 2 is 1.78 bits per heavy atom. The summed E-state index contributed by atoms with van der Waals surface area (Å²) in [5.74, 6) is 0.398. The second kappa shape index (κ2) is 11.7. The van der Waals surface area contributed by atoms with Crippen molar-refractivity contribution in [2.45, 2.75) is 94.8 Å². The van der Waals surface area contributed by atoms with Crippen LogP contribution in [0.15, 0.2) is 54.1 Å². The third-order valence-corrected chi connectivity index (χ3v) is 15.9. The molecule has 2 aromatic heterocycles. The molecule has 9 heteroatoms. The number of carbonyl (C=O) groups excluding carboxylic acids is 3. The van der Waals surface area contributed by atoms with E-state index in [1.54, 1.807) is 6.92 Å². The molecule has 9 nitrogen and oxygen atoms in total. The van der Waals surface area contributed by atoms with Crippen LogP contribution in [0.4, 0.5) is 0 Å². The van der Waals surface area contributed by atoms with Gasteiger partial charge in [-0.3, -0.25) is 19.3 Å². The molecule has 4 aromatic rings. The zero-order valence-corrected chi connectivity index (χ0v) is 32.5.